The number of hydrogen-bond acceptors (Lipinski definition) is 3. The lowest BCUT2D eigenvalue weighted by molar-refractivity contribution is -0.170. The molecule has 2 aromatic carbocycles. The molecule has 0 heterocycles. The number of rotatable bonds is 6. The van der Waals surface area contributed by atoms with Crippen LogP contribution in [-0.2, 0) is 16.1 Å². The predicted octanol–water partition coefficient (Wildman–Crippen LogP) is 4.58. The summed E-state index contributed by atoms with van der Waals surface area (Å²) in [6, 6.07) is 15.7. The molecule has 1 aliphatic carbocycles. The van der Waals surface area contributed by atoms with Gasteiger partial charge < -0.3 is 15.8 Å². The number of hydrogen-bond donors (Lipinski definition) is 2. The number of nitrogens with two attached hydrogens (primary N) is 1. The van der Waals surface area contributed by atoms with Gasteiger partial charge in [0.05, 0.1) is 6.10 Å². The van der Waals surface area contributed by atoms with Crippen LogP contribution in [-0.4, -0.2) is 24.2 Å². The zero-order chi connectivity index (χ0) is 19.7. The first-order valence-corrected chi connectivity index (χ1v) is 9.70. The molecule has 1 fully saturated rings. The van der Waals surface area contributed by atoms with Gasteiger partial charge in [-0.05, 0) is 35.7 Å². The minimum Gasteiger partial charge on any atom is -0.378 e. The molecule has 6 heteroatoms. The van der Waals surface area contributed by atoms with Gasteiger partial charge in [-0.2, -0.15) is 0 Å². The average Bonchev–Trinajstić information content (AvgIpc) is 2.66. The van der Waals surface area contributed by atoms with Gasteiger partial charge in [-0.25, -0.2) is 0 Å². The van der Waals surface area contributed by atoms with Gasteiger partial charge in [0.1, 0.15) is 5.54 Å². The van der Waals surface area contributed by atoms with Crippen molar-refractivity contribution in [1.29, 1.82) is 0 Å². The number of carbonyl (C=O) groups is 1. The molecule has 2 atom stereocenters. The molecule has 0 spiro atoms. The van der Waals surface area contributed by atoms with Crippen LogP contribution in [0.2, 0.25) is 5.02 Å². The third-order valence-corrected chi connectivity index (χ3v) is 6.10. The number of carbonyl (C=O) groups excluding carboxylic acids is 1. The lowest BCUT2D eigenvalue weighted by Gasteiger charge is -2.57. The normalized spacial score (nSPS) is 22.7. The minimum absolute atomic E-state index is 0. The number of nitrogens with one attached hydrogen (secondary N) is 1. The molecular formula is C22H28Cl2N2O2. The van der Waals surface area contributed by atoms with Gasteiger partial charge in [-0.15, -0.1) is 12.4 Å². The molecule has 4 nitrogen and oxygen atoms in total. The topological polar surface area (TPSA) is 64.3 Å². The van der Waals surface area contributed by atoms with E-state index in [1.807, 2.05) is 69.3 Å². The molecule has 1 aliphatic rings. The molecule has 0 aliphatic heterocycles. The van der Waals surface area contributed by atoms with Gasteiger partial charge in [-0.3, -0.25) is 4.79 Å². The standard InChI is InChI=1S/C22H27ClN2O2.ClH/c1-4-27-19-13-22(24,21(19,2)3)20(26)25-14-16-7-5-6-8-18(16)15-9-11-17(23)12-10-15;/h5-12,19H,4,13-14,24H2,1-3H3,(H,25,26);1H. The van der Waals surface area contributed by atoms with E-state index in [0.717, 1.165) is 16.7 Å². The van der Waals surface area contributed by atoms with Crippen molar-refractivity contribution in [3.63, 3.8) is 0 Å². The SMILES string of the molecule is CCOC1CC(N)(C(=O)NCc2ccccc2-c2ccc(Cl)cc2)C1(C)C.Cl. The Morgan fingerprint density at radius 2 is 1.86 bits per heavy atom. The summed E-state index contributed by atoms with van der Waals surface area (Å²) in [6.07, 6.45) is 0.554. The van der Waals surface area contributed by atoms with Crippen LogP contribution in [0.4, 0.5) is 0 Å². The Balaban J connectivity index is 0.00000280. The van der Waals surface area contributed by atoms with E-state index < -0.39 is 11.0 Å². The molecule has 1 saturated carbocycles. The molecule has 0 saturated heterocycles. The minimum atomic E-state index is -0.915. The summed E-state index contributed by atoms with van der Waals surface area (Å²) in [6.45, 7) is 7.00. The quantitative estimate of drug-likeness (QED) is 0.715. The van der Waals surface area contributed by atoms with Crippen LogP contribution in [0.15, 0.2) is 48.5 Å². The van der Waals surface area contributed by atoms with E-state index >= 15 is 0 Å². The van der Waals surface area contributed by atoms with E-state index in [1.165, 1.54) is 0 Å². The molecule has 28 heavy (non-hydrogen) atoms. The molecule has 2 aromatic rings. The van der Waals surface area contributed by atoms with Crippen LogP contribution in [0, 0.1) is 5.41 Å². The Morgan fingerprint density at radius 1 is 1.21 bits per heavy atom. The fraction of sp³-hybridized carbons (Fsp3) is 0.409. The maximum absolute atomic E-state index is 12.9. The van der Waals surface area contributed by atoms with Crippen molar-refractivity contribution in [2.45, 2.75) is 45.4 Å². The van der Waals surface area contributed by atoms with Crippen LogP contribution in [0.25, 0.3) is 11.1 Å². The second-order valence-corrected chi connectivity index (χ2v) is 8.12. The molecular weight excluding hydrogens is 395 g/mol. The highest BCUT2D eigenvalue weighted by Gasteiger charge is 2.62. The van der Waals surface area contributed by atoms with Gasteiger partial charge >= 0.3 is 0 Å². The lowest BCUT2D eigenvalue weighted by Crippen LogP contribution is -2.75. The zero-order valence-corrected chi connectivity index (χ0v) is 18.1. The van der Waals surface area contributed by atoms with Crippen molar-refractivity contribution in [3.05, 3.63) is 59.1 Å². The Hall–Kier alpha value is -1.59. The molecule has 3 N–H and O–H groups in total. The van der Waals surface area contributed by atoms with Crippen LogP contribution >= 0.6 is 24.0 Å². The lowest BCUT2D eigenvalue weighted by atomic mass is 9.54. The maximum atomic E-state index is 12.9. The first-order chi connectivity index (χ1) is 12.8. The van der Waals surface area contributed by atoms with E-state index in [-0.39, 0.29) is 24.4 Å². The number of halogens is 2. The summed E-state index contributed by atoms with van der Waals surface area (Å²) < 4.78 is 5.72. The zero-order valence-electron chi connectivity index (χ0n) is 16.5. The summed E-state index contributed by atoms with van der Waals surface area (Å²) in [5.74, 6) is -0.130. The summed E-state index contributed by atoms with van der Waals surface area (Å²) in [7, 11) is 0. The highest BCUT2D eigenvalue weighted by atomic mass is 35.5. The number of benzene rings is 2. The highest BCUT2D eigenvalue weighted by Crippen LogP contribution is 2.49. The van der Waals surface area contributed by atoms with Gasteiger partial charge in [0.15, 0.2) is 0 Å². The Morgan fingerprint density at radius 3 is 2.46 bits per heavy atom. The smallest absolute Gasteiger partial charge is 0.241 e. The number of amides is 1. The molecule has 0 radical (unpaired) electrons. The van der Waals surface area contributed by atoms with Crippen molar-refractivity contribution in [1.82, 2.24) is 5.32 Å². The van der Waals surface area contributed by atoms with E-state index in [2.05, 4.69) is 5.32 Å². The fourth-order valence-corrected chi connectivity index (χ4v) is 3.87. The predicted molar refractivity (Wildman–Crippen MR) is 117 cm³/mol. The van der Waals surface area contributed by atoms with Crippen molar-refractivity contribution in [3.8, 4) is 11.1 Å². The van der Waals surface area contributed by atoms with Crippen LogP contribution in [0.5, 0.6) is 0 Å². The molecule has 0 bridgehead atoms. The molecule has 0 aromatic heterocycles. The Labute approximate surface area is 178 Å². The van der Waals surface area contributed by atoms with Crippen LogP contribution in [0.3, 0.4) is 0 Å². The maximum Gasteiger partial charge on any atom is 0.241 e. The molecule has 2 unspecified atom stereocenters. The first kappa shape index (κ1) is 22.7. The third kappa shape index (κ3) is 4.06. The van der Waals surface area contributed by atoms with Gasteiger partial charge in [0, 0.05) is 30.0 Å². The van der Waals surface area contributed by atoms with Gasteiger partial charge in [0.25, 0.3) is 0 Å². The van der Waals surface area contributed by atoms with Crippen LogP contribution < -0.4 is 11.1 Å². The van der Waals surface area contributed by atoms with Crippen molar-refractivity contribution >= 4 is 29.9 Å². The van der Waals surface area contributed by atoms with E-state index in [9.17, 15) is 4.79 Å². The molecule has 3 rings (SSSR count). The van der Waals surface area contributed by atoms with Crippen molar-refractivity contribution in [2.75, 3.05) is 6.61 Å². The van der Waals surface area contributed by atoms with Gasteiger partial charge in [0.2, 0.25) is 5.91 Å². The second kappa shape index (κ2) is 8.83. The molecule has 1 amide bonds. The van der Waals surface area contributed by atoms with Crippen molar-refractivity contribution < 1.29 is 9.53 Å². The number of ether oxygens (including phenoxy) is 1. The largest absolute Gasteiger partial charge is 0.378 e. The summed E-state index contributed by atoms with van der Waals surface area (Å²) in [5, 5.41) is 3.74. The second-order valence-electron chi connectivity index (χ2n) is 7.69. The monoisotopic (exact) mass is 422 g/mol. The first-order valence-electron chi connectivity index (χ1n) is 9.32. The third-order valence-electron chi connectivity index (χ3n) is 5.85. The van der Waals surface area contributed by atoms with Crippen LogP contribution in [0.1, 0.15) is 32.8 Å². The van der Waals surface area contributed by atoms with E-state index in [0.29, 0.717) is 24.6 Å². The summed E-state index contributed by atoms with van der Waals surface area (Å²) >= 11 is 5.99. The van der Waals surface area contributed by atoms with E-state index in [1.54, 1.807) is 0 Å². The average molecular weight is 423 g/mol. The van der Waals surface area contributed by atoms with E-state index in [4.69, 9.17) is 22.1 Å². The Kier molecular flexibility index (Phi) is 7.16. The summed E-state index contributed by atoms with van der Waals surface area (Å²) in [5.41, 5.74) is 8.32. The highest BCUT2D eigenvalue weighted by molar-refractivity contribution is 6.30. The fourth-order valence-electron chi connectivity index (χ4n) is 3.74. The van der Waals surface area contributed by atoms with Crippen molar-refractivity contribution in [2.24, 2.45) is 11.1 Å². The summed E-state index contributed by atoms with van der Waals surface area (Å²) in [4.78, 5) is 12.9. The van der Waals surface area contributed by atoms with Gasteiger partial charge in [-0.1, -0.05) is 61.8 Å². The Bertz CT molecular complexity index is 824. The molecule has 152 valence electrons.